The minimum absolute atomic E-state index is 0.0535. The Balaban J connectivity index is 2.01. The van der Waals surface area contributed by atoms with Gasteiger partial charge in [0.15, 0.2) is 0 Å². The van der Waals surface area contributed by atoms with Crippen molar-refractivity contribution in [1.82, 2.24) is 10.2 Å². The third kappa shape index (κ3) is 8.08. The summed E-state index contributed by atoms with van der Waals surface area (Å²) in [7, 11) is -4.12. The summed E-state index contributed by atoms with van der Waals surface area (Å²) in [5.74, 6) is -0.238. The predicted molar refractivity (Wildman–Crippen MR) is 161 cm³/mol. The van der Waals surface area contributed by atoms with Gasteiger partial charge in [-0.25, -0.2) is 8.42 Å². The number of carbonyl (C=O) groups excluding carboxylic acids is 2. The molecule has 0 saturated heterocycles. The molecule has 0 aliphatic carbocycles. The average molecular weight is 631 g/mol. The van der Waals surface area contributed by atoms with Crippen molar-refractivity contribution in [2.75, 3.05) is 17.5 Å². The Labute approximate surface area is 245 Å². The molecular formula is C30H36BrN3O5S. The first kappa shape index (κ1) is 31.2. The van der Waals surface area contributed by atoms with Gasteiger partial charge in [0.1, 0.15) is 18.3 Å². The van der Waals surface area contributed by atoms with Crippen molar-refractivity contribution in [3.05, 3.63) is 88.9 Å². The van der Waals surface area contributed by atoms with Gasteiger partial charge in [-0.05, 0) is 81.3 Å². The molecule has 1 N–H and O–H groups in total. The summed E-state index contributed by atoms with van der Waals surface area (Å²) in [6.45, 7) is 7.45. The highest BCUT2D eigenvalue weighted by Gasteiger charge is 2.32. The van der Waals surface area contributed by atoms with E-state index >= 15 is 0 Å². The first-order valence-corrected chi connectivity index (χ1v) is 15.4. The molecule has 40 heavy (non-hydrogen) atoms. The predicted octanol–water partition coefficient (Wildman–Crippen LogP) is 5.38. The number of ether oxygens (including phenoxy) is 1. The van der Waals surface area contributed by atoms with Crippen LogP contribution in [0.2, 0.25) is 0 Å². The van der Waals surface area contributed by atoms with Crippen LogP contribution >= 0.6 is 15.9 Å². The number of hydrogen-bond acceptors (Lipinski definition) is 5. The van der Waals surface area contributed by atoms with Crippen LogP contribution in [0.4, 0.5) is 5.69 Å². The summed E-state index contributed by atoms with van der Waals surface area (Å²) in [4.78, 5) is 28.6. The van der Waals surface area contributed by atoms with Crippen LogP contribution in [0.1, 0.15) is 39.7 Å². The quantitative estimate of drug-likeness (QED) is 0.274. The van der Waals surface area contributed by atoms with Gasteiger partial charge in [0, 0.05) is 17.1 Å². The second-order valence-electron chi connectivity index (χ2n) is 9.40. The smallest absolute Gasteiger partial charge is 0.264 e. The minimum Gasteiger partial charge on any atom is -0.494 e. The highest BCUT2D eigenvalue weighted by atomic mass is 79.9. The molecule has 0 aliphatic heterocycles. The van der Waals surface area contributed by atoms with Crippen molar-refractivity contribution in [3.8, 4) is 5.75 Å². The Hall–Kier alpha value is -3.37. The largest absolute Gasteiger partial charge is 0.494 e. The molecular weight excluding hydrogens is 594 g/mol. The summed E-state index contributed by atoms with van der Waals surface area (Å²) < 4.78 is 35.1. The molecule has 3 aromatic carbocycles. The third-order valence-electron chi connectivity index (χ3n) is 6.46. The van der Waals surface area contributed by atoms with Crippen LogP contribution < -0.4 is 14.4 Å². The topological polar surface area (TPSA) is 96.0 Å². The van der Waals surface area contributed by atoms with Crippen LogP contribution in [0.25, 0.3) is 0 Å². The number of amides is 2. The summed E-state index contributed by atoms with van der Waals surface area (Å²) in [5.41, 5.74) is 1.10. The Kier molecular flexibility index (Phi) is 11.2. The molecule has 0 spiro atoms. The van der Waals surface area contributed by atoms with Crippen LogP contribution in [-0.2, 0) is 26.2 Å². The Morgan fingerprint density at radius 2 is 1.62 bits per heavy atom. The van der Waals surface area contributed by atoms with E-state index in [1.54, 1.807) is 49.4 Å². The van der Waals surface area contributed by atoms with E-state index in [9.17, 15) is 18.0 Å². The molecule has 3 rings (SSSR count). The number of carbonyl (C=O) groups is 2. The molecule has 10 heteroatoms. The van der Waals surface area contributed by atoms with Crippen molar-refractivity contribution in [2.45, 2.75) is 57.6 Å². The SMILES string of the molecule is CCOc1ccc(N(CC(=O)N(Cc2cccc(Br)c2)[C@@H](C)C(=O)N[C@@H](C)CC)S(=O)(=O)c2ccccc2)cc1. The Bertz CT molecular complexity index is 1380. The first-order chi connectivity index (χ1) is 19.1. The van der Waals surface area contributed by atoms with E-state index in [0.717, 1.165) is 20.8 Å². The van der Waals surface area contributed by atoms with Gasteiger partial charge < -0.3 is 15.0 Å². The molecule has 2 amide bonds. The van der Waals surface area contributed by atoms with Gasteiger partial charge in [-0.2, -0.15) is 0 Å². The van der Waals surface area contributed by atoms with Crippen molar-refractivity contribution >= 4 is 43.5 Å². The second-order valence-corrected chi connectivity index (χ2v) is 12.2. The van der Waals surface area contributed by atoms with Gasteiger partial charge in [-0.1, -0.05) is 53.2 Å². The fraction of sp³-hybridized carbons (Fsp3) is 0.333. The fourth-order valence-electron chi connectivity index (χ4n) is 4.00. The number of benzene rings is 3. The van der Waals surface area contributed by atoms with E-state index in [0.29, 0.717) is 18.0 Å². The zero-order valence-corrected chi connectivity index (χ0v) is 25.6. The van der Waals surface area contributed by atoms with Gasteiger partial charge in [0.05, 0.1) is 17.2 Å². The molecule has 2 atom stereocenters. The lowest BCUT2D eigenvalue weighted by molar-refractivity contribution is -0.139. The molecule has 0 aliphatic rings. The maximum absolute atomic E-state index is 14.0. The average Bonchev–Trinajstić information content (AvgIpc) is 2.95. The lowest BCUT2D eigenvalue weighted by atomic mass is 10.1. The zero-order valence-electron chi connectivity index (χ0n) is 23.2. The standard InChI is InChI=1S/C30H36BrN3O5S/c1-5-22(3)32-30(36)23(4)33(20-24-11-10-12-25(31)19-24)29(35)21-34(26-15-17-27(18-16-26)39-6-2)40(37,38)28-13-8-7-9-14-28/h7-19,22-23H,5-6,20-21H2,1-4H3,(H,32,36)/t22-,23-/m0/s1. The fourth-order valence-corrected chi connectivity index (χ4v) is 5.89. The summed E-state index contributed by atoms with van der Waals surface area (Å²) in [5, 5.41) is 2.93. The Morgan fingerprint density at radius 1 is 0.950 bits per heavy atom. The molecule has 0 heterocycles. The molecule has 0 unspecified atom stereocenters. The molecule has 214 valence electrons. The molecule has 0 aromatic heterocycles. The van der Waals surface area contributed by atoms with Gasteiger partial charge in [-0.15, -0.1) is 0 Å². The monoisotopic (exact) mass is 629 g/mol. The van der Waals surface area contributed by atoms with Crippen LogP contribution in [-0.4, -0.2) is 50.4 Å². The number of nitrogens with one attached hydrogen (secondary N) is 1. The molecule has 0 saturated carbocycles. The van der Waals surface area contributed by atoms with Crippen LogP contribution in [0, 0.1) is 0 Å². The number of hydrogen-bond donors (Lipinski definition) is 1. The number of rotatable bonds is 13. The molecule has 0 fully saturated rings. The van der Waals surface area contributed by atoms with E-state index in [2.05, 4.69) is 21.2 Å². The van der Waals surface area contributed by atoms with Crippen LogP contribution in [0.15, 0.2) is 88.2 Å². The van der Waals surface area contributed by atoms with Crippen molar-refractivity contribution in [3.63, 3.8) is 0 Å². The first-order valence-electron chi connectivity index (χ1n) is 13.2. The molecule has 3 aromatic rings. The number of anilines is 1. The number of halogens is 1. The van der Waals surface area contributed by atoms with Crippen LogP contribution in [0.5, 0.6) is 5.75 Å². The summed E-state index contributed by atoms with van der Waals surface area (Å²) in [6, 6.07) is 21.0. The second kappa shape index (κ2) is 14.3. The van der Waals surface area contributed by atoms with E-state index in [4.69, 9.17) is 4.74 Å². The molecule has 0 radical (unpaired) electrons. The lowest BCUT2D eigenvalue weighted by Crippen LogP contribution is -2.52. The van der Waals surface area contributed by atoms with Gasteiger partial charge in [0.25, 0.3) is 10.0 Å². The van der Waals surface area contributed by atoms with E-state index in [1.807, 2.05) is 45.0 Å². The molecule has 8 nitrogen and oxygen atoms in total. The van der Waals surface area contributed by atoms with E-state index in [-0.39, 0.29) is 23.4 Å². The maximum atomic E-state index is 14.0. The number of sulfonamides is 1. The highest BCUT2D eigenvalue weighted by Crippen LogP contribution is 2.27. The van der Waals surface area contributed by atoms with Gasteiger partial charge in [-0.3, -0.25) is 13.9 Å². The summed E-state index contributed by atoms with van der Waals surface area (Å²) >= 11 is 3.46. The van der Waals surface area contributed by atoms with Crippen molar-refractivity contribution in [1.29, 1.82) is 0 Å². The highest BCUT2D eigenvalue weighted by molar-refractivity contribution is 9.10. The van der Waals surface area contributed by atoms with Crippen molar-refractivity contribution in [2.24, 2.45) is 0 Å². The van der Waals surface area contributed by atoms with E-state index in [1.165, 1.54) is 17.0 Å². The van der Waals surface area contributed by atoms with Gasteiger partial charge in [0.2, 0.25) is 11.8 Å². The Morgan fingerprint density at radius 3 is 2.23 bits per heavy atom. The summed E-state index contributed by atoms with van der Waals surface area (Å²) in [6.07, 6.45) is 0.735. The van der Waals surface area contributed by atoms with Crippen molar-refractivity contribution < 1.29 is 22.7 Å². The van der Waals surface area contributed by atoms with E-state index < -0.39 is 28.5 Å². The molecule has 0 bridgehead atoms. The van der Waals surface area contributed by atoms with Crippen LogP contribution in [0.3, 0.4) is 0 Å². The maximum Gasteiger partial charge on any atom is 0.264 e. The number of nitrogens with zero attached hydrogens (tertiary/aromatic N) is 2. The normalized spacial score (nSPS) is 12.7. The van der Waals surface area contributed by atoms with Gasteiger partial charge >= 0.3 is 0 Å². The zero-order chi connectivity index (χ0) is 29.3. The third-order valence-corrected chi connectivity index (χ3v) is 8.74. The lowest BCUT2D eigenvalue weighted by Gasteiger charge is -2.32. The minimum atomic E-state index is -4.12.